The van der Waals surface area contributed by atoms with Crippen LogP contribution in [0.15, 0.2) is 22.7 Å². The number of carbonyl (C=O) groups is 1. The fourth-order valence-electron chi connectivity index (χ4n) is 2.86. The molecule has 2 aromatic rings. The molecule has 0 N–H and O–H groups in total. The first kappa shape index (κ1) is 13.9. The van der Waals surface area contributed by atoms with E-state index in [0.717, 1.165) is 36.8 Å². The van der Waals surface area contributed by atoms with Gasteiger partial charge >= 0.3 is 0 Å². The molecule has 1 aromatic carbocycles. The molecular weight excluding hydrogens is 271 g/mol. The van der Waals surface area contributed by atoms with Crippen LogP contribution in [-0.4, -0.2) is 15.9 Å². The van der Waals surface area contributed by atoms with Crippen LogP contribution >= 0.6 is 0 Å². The molecule has 0 aliphatic heterocycles. The normalized spacial score (nSPS) is 15.5. The maximum absolute atomic E-state index is 13.1. The van der Waals surface area contributed by atoms with Gasteiger partial charge < -0.3 is 4.52 Å². The lowest BCUT2D eigenvalue weighted by Gasteiger charge is -2.04. The van der Waals surface area contributed by atoms with Crippen LogP contribution in [0.4, 0.5) is 4.39 Å². The second-order valence-electron chi connectivity index (χ2n) is 5.60. The van der Waals surface area contributed by atoms with E-state index >= 15 is 0 Å². The number of carbonyl (C=O) groups excluding carboxylic acids is 1. The lowest BCUT2D eigenvalue weighted by atomic mass is 10.0. The summed E-state index contributed by atoms with van der Waals surface area (Å²) in [6.45, 7) is 1.79. The summed E-state index contributed by atoms with van der Waals surface area (Å²) < 4.78 is 18.3. The minimum absolute atomic E-state index is 0.146. The smallest absolute Gasteiger partial charge is 0.234 e. The third-order valence-corrected chi connectivity index (χ3v) is 4.03. The van der Waals surface area contributed by atoms with Crippen molar-refractivity contribution in [2.75, 3.05) is 0 Å². The fraction of sp³-hybridized carbons (Fsp3) is 0.438. The summed E-state index contributed by atoms with van der Waals surface area (Å²) in [5, 5.41) is 3.90. The number of Topliss-reactive ketones (excluding diaryl/α,β-unsaturated/α-hetero) is 1. The van der Waals surface area contributed by atoms with Gasteiger partial charge in [0.1, 0.15) is 11.6 Å². The van der Waals surface area contributed by atoms with Crippen molar-refractivity contribution < 1.29 is 13.7 Å². The molecule has 1 heterocycles. The number of benzene rings is 1. The van der Waals surface area contributed by atoms with Crippen LogP contribution < -0.4 is 0 Å². The van der Waals surface area contributed by atoms with Gasteiger partial charge in [0.05, 0.1) is 6.42 Å². The van der Waals surface area contributed by atoms with E-state index in [-0.39, 0.29) is 23.9 Å². The lowest BCUT2D eigenvalue weighted by molar-refractivity contribution is -0.122. The van der Waals surface area contributed by atoms with Gasteiger partial charge in [-0.1, -0.05) is 18.0 Å². The molecule has 21 heavy (non-hydrogen) atoms. The van der Waals surface area contributed by atoms with Crippen molar-refractivity contribution >= 4 is 5.78 Å². The monoisotopic (exact) mass is 288 g/mol. The van der Waals surface area contributed by atoms with Gasteiger partial charge in [0.25, 0.3) is 0 Å². The molecule has 0 spiro atoms. The molecule has 1 aliphatic carbocycles. The first-order chi connectivity index (χ1) is 10.1. The van der Waals surface area contributed by atoms with Crippen LogP contribution in [0.2, 0.25) is 0 Å². The van der Waals surface area contributed by atoms with Crippen molar-refractivity contribution in [3.8, 4) is 11.4 Å². The van der Waals surface area contributed by atoms with Gasteiger partial charge in [-0.05, 0) is 43.5 Å². The molecule has 0 saturated heterocycles. The van der Waals surface area contributed by atoms with Crippen molar-refractivity contribution in [2.24, 2.45) is 5.92 Å². The molecule has 1 aliphatic rings. The van der Waals surface area contributed by atoms with Gasteiger partial charge in [0, 0.05) is 11.5 Å². The molecule has 0 bridgehead atoms. The molecule has 5 heteroatoms. The number of aryl methyl sites for hydroxylation is 1. The van der Waals surface area contributed by atoms with Crippen LogP contribution in [0.5, 0.6) is 0 Å². The SMILES string of the molecule is Cc1cc(F)ccc1-c1noc(CC(=O)C2CCCC2)n1. The number of hydrogen-bond acceptors (Lipinski definition) is 4. The molecule has 110 valence electrons. The fourth-order valence-corrected chi connectivity index (χ4v) is 2.86. The Morgan fingerprint density at radius 2 is 2.14 bits per heavy atom. The zero-order chi connectivity index (χ0) is 14.8. The molecule has 0 amide bonds. The van der Waals surface area contributed by atoms with E-state index in [1.165, 1.54) is 12.1 Å². The van der Waals surface area contributed by atoms with E-state index in [0.29, 0.717) is 11.7 Å². The van der Waals surface area contributed by atoms with Crippen LogP contribution in [-0.2, 0) is 11.2 Å². The third kappa shape index (κ3) is 3.01. The van der Waals surface area contributed by atoms with E-state index in [2.05, 4.69) is 10.1 Å². The van der Waals surface area contributed by atoms with E-state index < -0.39 is 0 Å². The molecule has 1 fully saturated rings. The number of ketones is 1. The summed E-state index contributed by atoms with van der Waals surface area (Å²) in [5.41, 5.74) is 1.46. The molecule has 1 saturated carbocycles. The molecule has 0 atom stereocenters. The summed E-state index contributed by atoms with van der Waals surface area (Å²) in [6.07, 6.45) is 4.38. The quantitative estimate of drug-likeness (QED) is 0.864. The number of hydrogen-bond donors (Lipinski definition) is 0. The highest BCUT2D eigenvalue weighted by Crippen LogP contribution is 2.27. The van der Waals surface area contributed by atoms with Crippen molar-refractivity contribution in [3.63, 3.8) is 0 Å². The Labute approximate surface area is 122 Å². The second-order valence-corrected chi connectivity index (χ2v) is 5.60. The highest BCUT2D eigenvalue weighted by molar-refractivity contribution is 5.82. The average Bonchev–Trinajstić information content (AvgIpc) is 3.09. The minimum Gasteiger partial charge on any atom is -0.339 e. The number of nitrogens with zero attached hydrogens (tertiary/aromatic N) is 2. The number of halogens is 1. The Hall–Kier alpha value is -2.04. The van der Waals surface area contributed by atoms with E-state index in [1.54, 1.807) is 13.0 Å². The predicted octanol–water partition coefficient (Wildman–Crippen LogP) is 3.49. The van der Waals surface area contributed by atoms with Crippen molar-refractivity contribution in [3.05, 3.63) is 35.5 Å². The summed E-state index contributed by atoms with van der Waals surface area (Å²) in [7, 11) is 0. The lowest BCUT2D eigenvalue weighted by Crippen LogP contribution is -2.13. The van der Waals surface area contributed by atoms with Gasteiger partial charge in [0.2, 0.25) is 11.7 Å². The molecule has 4 nitrogen and oxygen atoms in total. The van der Waals surface area contributed by atoms with Crippen LogP contribution in [0.25, 0.3) is 11.4 Å². The Bertz CT molecular complexity index is 660. The van der Waals surface area contributed by atoms with Crippen LogP contribution in [0, 0.1) is 18.7 Å². The van der Waals surface area contributed by atoms with E-state index in [1.807, 2.05) is 0 Å². The highest BCUT2D eigenvalue weighted by atomic mass is 19.1. The number of aromatic nitrogens is 2. The topological polar surface area (TPSA) is 56.0 Å². The Morgan fingerprint density at radius 3 is 2.86 bits per heavy atom. The predicted molar refractivity (Wildman–Crippen MR) is 75.1 cm³/mol. The van der Waals surface area contributed by atoms with Gasteiger partial charge in [-0.2, -0.15) is 4.98 Å². The molecule has 3 rings (SSSR count). The maximum Gasteiger partial charge on any atom is 0.234 e. The summed E-state index contributed by atoms with van der Waals surface area (Å²) in [4.78, 5) is 16.4. The third-order valence-electron chi connectivity index (χ3n) is 4.03. The van der Waals surface area contributed by atoms with Crippen molar-refractivity contribution in [2.45, 2.75) is 39.0 Å². The summed E-state index contributed by atoms with van der Waals surface area (Å²) >= 11 is 0. The van der Waals surface area contributed by atoms with Gasteiger partial charge in [-0.25, -0.2) is 4.39 Å². The molecule has 0 radical (unpaired) electrons. The van der Waals surface area contributed by atoms with E-state index in [4.69, 9.17) is 4.52 Å². The summed E-state index contributed by atoms with van der Waals surface area (Å²) in [5.74, 6) is 0.773. The first-order valence-corrected chi connectivity index (χ1v) is 7.25. The average molecular weight is 288 g/mol. The van der Waals surface area contributed by atoms with E-state index in [9.17, 15) is 9.18 Å². The van der Waals surface area contributed by atoms with Crippen LogP contribution in [0.3, 0.4) is 0 Å². The first-order valence-electron chi connectivity index (χ1n) is 7.25. The number of rotatable bonds is 4. The van der Waals surface area contributed by atoms with Gasteiger partial charge in [-0.15, -0.1) is 0 Å². The zero-order valence-corrected chi connectivity index (χ0v) is 11.9. The molecule has 0 unspecified atom stereocenters. The van der Waals surface area contributed by atoms with Crippen molar-refractivity contribution in [1.29, 1.82) is 0 Å². The second kappa shape index (κ2) is 5.76. The highest BCUT2D eigenvalue weighted by Gasteiger charge is 2.24. The Morgan fingerprint density at radius 1 is 1.38 bits per heavy atom. The van der Waals surface area contributed by atoms with Gasteiger partial charge in [0.15, 0.2) is 0 Å². The largest absolute Gasteiger partial charge is 0.339 e. The molecular formula is C16H17FN2O2. The Balaban J connectivity index is 1.75. The van der Waals surface area contributed by atoms with Gasteiger partial charge in [-0.3, -0.25) is 4.79 Å². The van der Waals surface area contributed by atoms with Crippen molar-refractivity contribution in [1.82, 2.24) is 10.1 Å². The standard InChI is InChI=1S/C16H17FN2O2/c1-10-8-12(17)6-7-13(10)16-18-15(21-19-16)9-14(20)11-4-2-3-5-11/h6-8,11H,2-5,9H2,1H3. The minimum atomic E-state index is -0.295. The summed E-state index contributed by atoms with van der Waals surface area (Å²) in [6, 6.07) is 4.41. The maximum atomic E-state index is 13.1. The zero-order valence-electron chi connectivity index (χ0n) is 11.9. The van der Waals surface area contributed by atoms with Crippen LogP contribution in [0.1, 0.15) is 37.1 Å². The molecule has 1 aromatic heterocycles. The Kier molecular flexibility index (Phi) is 3.82.